The van der Waals surface area contributed by atoms with Gasteiger partial charge in [0.05, 0.1) is 12.7 Å². The van der Waals surface area contributed by atoms with Gasteiger partial charge in [-0.3, -0.25) is 0 Å². The summed E-state index contributed by atoms with van der Waals surface area (Å²) in [5.41, 5.74) is 2.35. The Morgan fingerprint density at radius 1 is 1.42 bits per heavy atom. The predicted molar refractivity (Wildman–Crippen MR) is 70.4 cm³/mol. The first-order valence-corrected chi connectivity index (χ1v) is 6.87. The molecular weight excluding hydrogens is 245 g/mol. The van der Waals surface area contributed by atoms with E-state index in [2.05, 4.69) is 5.32 Å². The standard InChI is InChI=1S/C15H20FNO2/c1-15(2)18-9-12(19-15)8-17-14-6-3-10-7-11(16)4-5-13(10)14/h4-5,7,12,14,17H,3,6,8-9H2,1-2H3. The van der Waals surface area contributed by atoms with E-state index in [0.717, 1.165) is 24.9 Å². The molecular formula is C15H20FNO2. The van der Waals surface area contributed by atoms with Gasteiger partial charge in [-0.05, 0) is 49.9 Å². The van der Waals surface area contributed by atoms with Gasteiger partial charge in [0.1, 0.15) is 5.82 Å². The minimum Gasteiger partial charge on any atom is -0.348 e. The minimum atomic E-state index is -0.469. The molecule has 3 nitrogen and oxygen atoms in total. The average molecular weight is 265 g/mol. The highest BCUT2D eigenvalue weighted by atomic mass is 19.1. The van der Waals surface area contributed by atoms with E-state index in [1.165, 1.54) is 11.6 Å². The molecule has 3 rings (SSSR count). The number of aryl methyl sites for hydroxylation is 1. The summed E-state index contributed by atoms with van der Waals surface area (Å²) >= 11 is 0. The Kier molecular flexibility index (Phi) is 3.33. The second-order valence-electron chi connectivity index (χ2n) is 5.79. The number of halogens is 1. The zero-order valence-corrected chi connectivity index (χ0v) is 11.4. The van der Waals surface area contributed by atoms with Crippen LogP contribution in [-0.2, 0) is 15.9 Å². The van der Waals surface area contributed by atoms with Crippen LogP contribution in [0.15, 0.2) is 18.2 Å². The maximum atomic E-state index is 13.1. The van der Waals surface area contributed by atoms with Crippen molar-refractivity contribution in [2.45, 2.75) is 44.6 Å². The van der Waals surface area contributed by atoms with Crippen molar-refractivity contribution in [1.29, 1.82) is 0 Å². The largest absolute Gasteiger partial charge is 0.348 e. The van der Waals surface area contributed by atoms with Crippen molar-refractivity contribution in [3.05, 3.63) is 35.1 Å². The summed E-state index contributed by atoms with van der Waals surface area (Å²) in [6, 6.07) is 5.39. The van der Waals surface area contributed by atoms with Crippen LogP contribution < -0.4 is 5.32 Å². The highest BCUT2D eigenvalue weighted by Gasteiger charge is 2.33. The van der Waals surface area contributed by atoms with E-state index in [0.29, 0.717) is 12.6 Å². The van der Waals surface area contributed by atoms with Gasteiger partial charge in [0.25, 0.3) is 0 Å². The van der Waals surface area contributed by atoms with Gasteiger partial charge < -0.3 is 14.8 Å². The molecule has 0 radical (unpaired) electrons. The molecule has 1 aromatic carbocycles. The van der Waals surface area contributed by atoms with Gasteiger partial charge >= 0.3 is 0 Å². The van der Waals surface area contributed by atoms with Crippen LogP contribution in [0.4, 0.5) is 4.39 Å². The lowest BCUT2D eigenvalue weighted by Crippen LogP contribution is -2.32. The van der Waals surface area contributed by atoms with E-state index in [1.54, 1.807) is 6.07 Å². The molecule has 19 heavy (non-hydrogen) atoms. The highest BCUT2D eigenvalue weighted by molar-refractivity contribution is 5.34. The summed E-state index contributed by atoms with van der Waals surface area (Å²) in [5, 5.41) is 3.51. The predicted octanol–water partition coefficient (Wildman–Crippen LogP) is 2.55. The minimum absolute atomic E-state index is 0.0968. The van der Waals surface area contributed by atoms with Crippen molar-refractivity contribution in [3.63, 3.8) is 0 Å². The second kappa shape index (κ2) is 4.85. The van der Waals surface area contributed by atoms with Crippen molar-refractivity contribution < 1.29 is 13.9 Å². The molecule has 2 aliphatic rings. The number of hydrogen-bond acceptors (Lipinski definition) is 3. The lowest BCUT2D eigenvalue weighted by molar-refractivity contribution is -0.137. The Balaban J connectivity index is 1.58. The summed E-state index contributed by atoms with van der Waals surface area (Å²) < 4.78 is 24.5. The van der Waals surface area contributed by atoms with Gasteiger partial charge in [-0.1, -0.05) is 6.07 Å². The van der Waals surface area contributed by atoms with Crippen LogP contribution >= 0.6 is 0 Å². The summed E-state index contributed by atoms with van der Waals surface area (Å²) in [6.07, 6.45) is 2.06. The van der Waals surface area contributed by atoms with Crippen molar-refractivity contribution >= 4 is 0 Å². The molecule has 0 amide bonds. The van der Waals surface area contributed by atoms with Crippen LogP contribution in [-0.4, -0.2) is 25.0 Å². The van der Waals surface area contributed by atoms with E-state index >= 15 is 0 Å². The molecule has 0 aromatic heterocycles. The van der Waals surface area contributed by atoms with Gasteiger partial charge in [-0.25, -0.2) is 4.39 Å². The Labute approximate surface area is 113 Å². The third-order valence-electron chi connectivity index (χ3n) is 3.84. The molecule has 1 heterocycles. The Bertz CT molecular complexity index is 475. The average Bonchev–Trinajstić information content (AvgIpc) is 2.89. The molecule has 4 heteroatoms. The van der Waals surface area contributed by atoms with Crippen LogP contribution in [0.25, 0.3) is 0 Å². The lowest BCUT2D eigenvalue weighted by atomic mass is 10.1. The highest BCUT2D eigenvalue weighted by Crippen LogP contribution is 2.32. The number of benzene rings is 1. The number of hydrogen-bond donors (Lipinski definition) is 1. The Hall–Kier alpha value is -0.970. The van der Waals surface area contributed by atoms with Crippen molar-refractivity contribution in [1.82, 2.24) is 5.32 Å². The monoisotopic (exact) mass is 265 g/mol. The molecule has 2 atom stereocenters. The lowest BCUT2D eigenvalue weighted by Gasteiger charge is -2.19. The molecule has 1 saturated heterocycles. The summed E-state index contributed by atoms with van der Waals surface area (Å²) in [5.74, 6) is -0.614. The van der Waals surface area contributed by atoms with Crippen LogP contribution in [0, 0.1) is 5.82 Å². The molecule has 1 aliphatic heterocycles. The molecule has 0 bridgehead atoms. The van der Waals surface area contributed by atoms with E-state index < -0.39 is 5.79 Å². The summed E-state index contributed by atoms with van der Waals surface area (Å²) in [4.78, 5) is 0. The van der Waals surface area contributed by atoms with Crippen LogP contribution in [0.5, 0.6) is 0 Å². The number of ether oxygens (including phenoxy) is 2. The number of rotatable bonds is 3. The first kappa shape index (κ1) is 13.0. The van der Waals surface area contributed by atoms with E-state index in [9.17, 15) is 4.39 Å². The maximum absolute atomic E-state index is 13.1. The fraction of sp³-hybridized carbons (Fsp3) is 0.600. The van der Waals surface area contributed by atoms with Crippen LogP contribution in [0.3, 0.4) is 0 Å². The smallest absolute Gasteiger partial charge is 0.163 e. The van der Waals surface area contributed by atoms with Crippen molar-refractivity contribution in [2.75, 3.05) is 13.2 Å². The summed E-state index contributed by atoms with van der Waals surface area (Å²) in [7, 11) is 0. The maximum Gasteiger partial charge on any atom is 0.163 e. The van der Waals surface area contributed by atoms with E-state index in [4.69, 9.17) is 9.47 Å². The molecule has 0 spiro atoms. The Morgan fingerprint density at radius 2 is 2.26 bits per heavy atom. The molecule has 1 fully saturated rings. The fourth-order valence-corrected chi connectivity index (χ4v) is 2.94. The topological polar surface area (TPSA) is 30.5 Å². The molecule has 104 valence electrons. The quantitative estimate of drug-likeness (QED) is 0.911. The normalized spacial score (nSPS) is 28.6. The molecule has 1 aliphatic carbocycles. The zero-order chi connectivity index (χ0) is 13.5. The van der Waals surface area contributed by atoms with Crippen LogP contribution in [0.2, 0.25) is 0 Å². The van der Waals surface area contributed by atoms with Gasteiger partial charge in [0.15, 0.2) is 5.79 Å². The van der Waals surface area contributed by atoms with Crippen LogP contribution in [0.1, 0.15) is 37.4 Å². The zero-order valence-electron chi connectivity index (χ0n) is 11.4. The van der Waals surface area contributed by atoms with Gasteiger partial charge in [-0.2, -0.15) is 0 Å². The van der Waals surface area contributed by atoms with Crippen molar-refractivity contribution in [2.24, 2.45) is 0 Å². The molecule has 1 N–H and O–H groups in total. The fourth-order valence-electron chi connectivity index (χ4n) is 2.94. The first-order chi connectivity index (χ1) is 9.03. The molecule has 2 unspecified atom stereocenters. The van der Waals surface area contributed by atoms with E-state index in [-0.39, 0.29) is 11.9 Å². The third-order valence-corrected chi connectivity index (χ3v) is 3.84. The van der Waals surface area contributed by atoms with Gasteiger partial charge in [0.2, 0.25) is 0 Å². The second-order valence-corrected chi connectivity index (χ2v) is 5.79. The first-order valence-electron chi connectivity index (χ1n) is 6.87. The SMILES string of the molecule is CC1(C)OCC(CNC2CCc3cc(F)ccc32)O1. The van der Waals surface area contributed by atoms with Gasteiger partial charge in [0, 0.05) is 12.6 Å². The van der Waals surface area contributed by atoms with E-state index in [1.807, 2.05) is 19.9 Å². The molecule has 0 saturated carbocycles. The third kappa shape index (κ3) is 2.81. The Morgan fingerprint density at radius 3 is 3.00 bits per heavy atom. The van der Waals surface area contributed by atoms with Gasteiger partial charge in [-0.15, -0.1) is 0 Å². The molecule has 1 aromatic rings. The summed E-state index contributed by atoms with van der Waals surface area (Å²) in [6.45, 7) is 5.26. The number of nitrogens with one attached hydrogen (secondary N) is 1. The van der Waals surface area contributed by atoms with Crippen molar-refractivity contribution in [3.8, 4) is 0 Å². The number of fused-ring (bicyclic) bond motifs is 1.